The normalized spacial score (nSPS) is 40.1. The van der Waals surface area contributed by atoms with Gasteiger partial charge in [0.05, 0.1) is 6.54 Å². The Morgan fingerprint density at radius 3 is 2.94 bits per heavy atom. The monoisotopic (exact) mass is 284 g/mol. The van der Waals surface area contributed by atoms with Gasteiger partial charge < -0.3 is 5.32 Å². The molecule has 1 saturated heterocycles. The molecule has 0 radical (unpaired) electrons. The standard InChI is InChI=1S/C14H24N2S2/c1-11-4-3-5-13(8-11)10-18-12(16-13)15-9-14(17-2)6-7-14/h11H,3-10H2,1-2H3,(H,15,16). The molecule has 2 saturated carbocycles. The van der Waals surface area contributed by atoms with E-state index in [0.29, 0.717) is 10.3 Å². The van der Waals surface area contributed by atoms with E-state index in [1.54, 1.807) is 0 Å². The minimum Gasteiger partial charge on any atom is -0.359 e. The van der Waals surface area contributed by atoms with E-state index in [9.17, 15) is 0 Å². The Balaban J connectivity index is 1.59. The van der Waals surface area contributed by atoms with Crippen LogP contribution < -0.4 is 5.32 Å². The summed E-state index contributed by atoms with van der Waals surface area (Å²) in [6.07, 6.45) is 10.4. The quantitative estimate of drug-likeness (QED) is 0.858. The van der Waals surface area contributed by atoms with Gasteiger partial charge in [-0.25, -0.2) is 0 Å². The van der Waals surface area contributed by atoms with Gasteiger partial charge in [0.15, 0.2) is 5.17 Å². The van der Waals surface area contributed by atoms with Crippen LogP contribution in [0, 0.1) is 5.92 Å². The summed E-state index contributed by atoms with van der Waals surface area (Å²) in [5.41, 5.74) is 0.386. The second-order valence-electron chi connectivity index (χ2n) is 6.40. The number of hydrogen-bond donors (Lipinski definition) is 1. The maximum atomic E-state index is 4.85. The molecule has 0 aromatic rings. The van der Waals surface area contributed by atoms with Crippen LogP contribution in [-0.2, 0) is 0 Å². The topological polar surface area (TPSA) is 24.4 Å². The van der Waals surface area contributed by atoms with Gasteiger partial charge in [-0.1, -0.05) is 31.5 Å². The summed E-state index contributed by atoms with van der Waals surface area (Å²) < 4.78 is 0.505. The molecule has 2 nitrogen and oxygen atoms in total. The van der Waals surface area contributed by atoms with Gasteiger partial charge in [-0.2, -0.15) is 11.8 Å². The number of hydrogen-bond acceptors (Lipinski definition) is 3. The molecule has 2 unspecified atom stereocenters. The third-order valence-electron chi connectivity index (χ3n) is 4.70. The van der Waals surface area contributed by atoms with E-state index in [1.165, 1.54) is 49.4 Å². The number of amidine groups is 1. The van der Waals surface area contributed by atoms with Crippen LogP contribution >= 0.6 is 23.5 Å². The first-order valence-electron chi connectivity index (χ1n) is 7.16. The maximum Gasteiger partial charge on any atom is 0.157 e. The average Bonchev–Trinajstić information content (AvgIpc) is 3.05. The fourth-order valence-corrected chi connectivity index (χ4v) is 5.17. The third-order valence-corrected chi connectivity index (χ3v) is 7.31. The van der Waals surface area contributed by atoms with Gasteiger partial charge in [-0.15, -0.1) is 0 Å². The highest BCUT2D eigenvalue weighted by molar-refractivity contribution is 8.14. The van der Waals surface area contributed by atoms with Crippen molar-refractivity contribution in [3.8, 4) is 0 Å². The lowest BCUT2D eigenvalue weighted by Crippen LogP contribution is -2.47. The Morgan fingerprint density at radius 1 is 1.44 bits per heavy atom. The molecule has 2 atom stereocenters. The fraction of sp³-hybridized carbons (Fsp3) is 0.929. The van der Waals surface area contributed by atoms with Gasteiger partial charge >= 0.3 is 0 Å². The van der Waals surface area contributed by atoms with Crippen molar-refractivity contribution in [3.63, 3.8) is 0 Å². The first-order valence-corrected chi connectivity index (χ1v) is 9.37. The van der Waals surface area contributed by atoms with Gasteiger partial charge in [-0.3, -0.25) is 4.99 Å². The molecule has 0 aromatic carbocycles. The minimum atomic E-state index is 0.386. The molecule has 1 aliphatic heterocycles. The van der Waals surface area contributed by atoms with Crippen molar-refractivity contribution in [2.45, 2.75) is 55.7 Å². The zero-order valence-corrected chi connectivity index (χ0v) is 13.1. The van der Waals surface area contributed by atoms with Crippen LogP contribution in [0.3, 0.4) is 0 Å². The Hall–Kier alpha value is 0.170. The Morgan fingerprint density at radius 2 is 2.28 bits per heavy atom. The molecule has 3 fully saturated rings. The van der Waals surface area contributed by atoms with Crippen LogP contribution in [-0.4, -0.2) is 34.0 Å². The van der Waals surface area contributed by atoms with E-state index < -0.39 is 0 Å². The molecule has 3 aliphatic rings. The summed E-state index contributed by atoms with van der Waals surface area (Å²) in [4.78, 5) is 4.85. The van der Waals surface area contributed by atoms with Crippen molar-refractivity contribution in [1.29, 1.82) is 0 Å². The third kappa shape index (κ3) is 2.69. The highest BCUT2D eigenvalue weighted by Gasteiger charge is 2.43. The predicted molar refractivity (Wildman–Crippen MR) is 83.7 cm³/mol. The molecule has 4 heteroatoms. The number of nitrogens with one attached hydrogen (secondary N) is 1. The summed E-state index contributed by atoms with van der Waals surface area (Å²) in [7, 11) is 0. The summed E-state index contributed by atoms with van der Waals surface area (Å²) in [6, 6.07) is 0. The van der Waals surface area contributed by atoms with E-state index in [4.69, 9.17) is 4.99 Å². The Kier molecular flexibility index (Phi) is 3.61. The van der Waals surface area contributed by atoms with Crippen molar-refractivity contribution in [1.82, 2.24) is 5.32 Å². The molecule has 0 aromatic heterocycles. The molecular weight excluding hydrogens is 260 g/mol. The fourth-order valence-electron chi connectivity index (χ4n) is 3.28. The van der Waals surface area contributed by atoms with Crippen LogP contribution in [0.5, 0.6) is 0 Å². The maximum absolute atomic E-state index is 4.85. The lowest BCUT2D eigenvalue weighted by atomic mass is 9.78. The summed E-state index contributed by atoms with van der Waals surface area (Å²) in [5, 5.41) is 4.99. The first kappa shape index (κ1) is 13.2. The molecule has 3 rings (SSSR count). The van der Waals surface area contributed by atoms with E-state index in [-0.39, 0.29) is 0 Å². The largest absolute Gasteiger partial charge is 0.359 e. The summed E-state index contributed by atoms with van der Waals surface area (Å²) in [5.74, 6) is 2.12. The average molecular weight is 284 g/mol. The summed E-state index contributed by atoms with van der Waals surface area (Å²) in [6.45, 7) is 3.42. The molecule has 2 aliphatic carbocycles. The minimum absolute atomic E-state index is 0.386. The van der Waals surface area contributed by atoms with Crippen LogP contribution in [0.25, 0.3) is 0 Å². The molecule has 0 bridgehead atoms. The van der Waals surface area contributed by atoms with Crippen LogP contribution in [0.2, 0.25) is 0 Å². The van der Waals surface area contributed by atoms with Gasteiger partial charge in [0.2, 0.25) is 0 Å². The molecule has 0 amide bonds. The molecule has 102 valence electrons. The SMILES string of the molecule is CSC1(CN=C2NC3(CCCC(C)C3)CS2)CC1. The van der Waals surface area contributed by atoms with Crippen molar-refractivity contribution in [3.05, 3.63) is 0 Å². The van der Waals surface area contributed by atoms with Crippen molar-refractivity contribution < 1.29 is 0 Å². The zero-order chi connectivity index (χ0) is 12.6. The second-order valence-corrected chi connectivity index (χ2v) is 8.64. The number of rotatable bonds is 3. The van der Waals surface area contributed by atoms with Crippen molar-refractivity contribution in [2.75, 3.05) is 18.6 Å². The number of nitrogens with zero attached hydrogens (tertiary/aromatic N) is 1. The van der Waals surface area contributed by atoms with Gasteiger partial charge in [0.1, 0.15) is 0 Å². The van der Waals surface area contributed by atoms with Crippen LogP contribution in [0.1, 0.15) is 45.4 Å². The number of aliphatic imine (C=N–C) groups is 1. The Labute approximate surface area is 119 Å². The van der Waals surface area contributed by atoms with E-state index >= 15 is 0 Å². The highest BCUT2D eigenvalue weighted by Crippen LogP contribution is 2.47. The summed E-state index contributed by atoms with van der Waals surface area (Å²) >= 11 is 3.96. The Bertz CT molecular complexity index is 352. The smallest absolute Gasteiger partial charge is 0.157 e. The van der Waals surface area contributed by atoms with Crippen LogP contribution in [0.4, 0.5) is 0 Å². The van der Waals surface area contributed by atoms with E-state index in [2.05, 4.69) is 18.5 Å². The lowest BCUT2D eigenvalue weighted by Gasteiger charge is -2.36. The molecular formula is C14H24N2S2. The lowest BCUT2D eigenvalue weighted by molar-refractivity contribution is 0.242. The van der Waals surface area contributed by atoms with Gasteiger partial charge in [0.25, 0.3) is 0 Å². The zero-order valence-electron chi connectivity index (χ0n) is 11.5. The highest BCUT2D eigenvalue weighted by atomic mass is 32.2. The van der Waals surface area contributed by atoms with Crippen molar-refractivity contribution >= 4 is 28.7 Å². The van der Waals surface area contributed by atoms with E-state index in [0.717, 1.165) is 12.5 Å². The van der Waals surface area contributed by atoms with E-state index in [1.807, 2.05) is 23.5 Å². The molecule has 1 heterocycles. The van der Waals surface area contributed by atoms with Gasteiger partial charge in [-0.05, 0) is 37.9 Å². The predicted octanol–water partition coefficient (Wildman–Crippen LogP) is 3.52. The molecule has 1 spiro atoms. The second kappa shape index (κ2) is 4.93. The van der Waals surface area contributed by atoms with Crippen LogP contribution in [0.15, 0.2) is 4.99 Å². The first-order chi connectivity index (χ1) is 8.65. The number of thioether (sulfide) groups is 2. The van der Waals surface area contributed by atoms with Gasteiger partial charge in [0, 0.05) is 16.0 Å². The van der Waals surface area contributed by atoms with Crippen molar-refractivity contribution in [2.24, 2.45) is 10.9 Å². The molecule has 18 heavy (non-hydrogen) atoms. The molecule has 1 N–H and O–H groups in total.